The molecule has 2 aromatic rings. The molecule has 2 aliphatic heterocycles. The molecule has 3 fully saturated rings. The van der Waals surface area contributed by atoms with E-state index in [1.807, 2.05) is 6.07 Å². The van der Waals surface area contributed by atoms with Crippen molar-refractivity contribution in [3.8, 4) is 0 Å². The van der Waals surface area contributed by atoms with Crippen molar-refractivity contribution < 1.29 is 18.7 Å². The van der Waals surface area contributed by atoms with Crippen LogP contribution in [-0.4, -0.2) is 59.6 Å². The van der Waals surface area contributed by atoms with E-state index in [0.717, 1.165) is 64.8 Å². The van der Waals surface area contributed by atoms with Crippen molar-refractivity contribution in [3.05, 3.63) is 71.8 Å². The van der Waals surface area contributed by atoms with Gasteiger partial charge in [0, 0.05) is 37.5 Å². The van der Waals surface area contributed by atoms with Gasteiger partial charge >= 0.3 is 5.97 Å². The van der Waals surface area contributed by atoms with Crippen molar-refractivity contribution in [3.63, 3.8) is 0 Å². The van der Waals surface area contributed by atoms with Crippen molar-refractivity contribution in [2.24, 2.45) is 17.8 Å². The number of carbonyl (C=O) groups is 1. The molecule has 0 aromatic heterocycles. The van der Waals surface area contributed by atoms with Gasteiger partial charge in [-0.25, -0.2) is 8.78 Å². The van der Waals surface area contributed by atoms with Crippen LogP contribution < -0.4 is 0 Å². The Kier molecular flexibility index (Phi) is 8.79. The highest BCUT2D eigenvalue weighted by Gasteiger charge is 2.41. The Morgan fingerprint density at radius 3 is 2.18 bits per heavy atom. The van der Waals surface area contributed by atoms with Crippen molar-refractivity contribution in [1.82, 2.24) is 9.80 Å². The van der Waals surface area contributed by atoms with Gasteiger partial charge in [-0.15, -0.1) is 0 Å². The highest BCUT2D eigenvalue weighted by Crippen LogP contribution is 2.39. The SMILES string of the molecule is O=C(O)[C@@H](CC1CCC1)N1C[C@H](CN2CCC(CCC(F)(F)c3ccccc3)CC2)[C@@H](c2ccccc2)C1. The fourth-order valence-corrected chi connectivity index (χ4v) is 6.87. The van der Waals surface area contributed by atoms with Crippen LogP contribution >= 0.6 is 0 Å². The number of piperidine rings is 1. The van der Waals surface area contributed by atoms with E-state index in [2.05, 4.69) is 34.1 Å². The number of hydrogen-bond acceptors (Lipinski definition) is 3. The molecule has 206 valence electrons. The summed E-state index contributed by atoms with van der Waals surface area (Å²) in [4.78, 5) is 17.0. The van der Waals surface area contributed by atoms with Crippen LogP contribution in [0.5, 0.6) is 0 Å². The quantitative estimate of drug-likeness (QED) is 0.358. The Hall–Kier alpha value is -2.31. The first-order valence-corrected chi connectivity index (χ1v) is 14.6. The molecule has 4 nitrogen and oxygen atoms in total. The topological polar surface area (TPSA) is 43.8 Å². The molecule has 5 rings (SSSR count). The predicted octanol–water partition coefficient (Wildman–Crippen LogP) is 6.63. The van der Waals surface area contributed by atoms with E-state index in [9.17, 15) is 18.7 Å². The first-order chi connectivity index (χ1) is 18.4. The summed E-state index contributed by atoms with van der Waals surface area (Å²) in [5, 5.41) is 10.1. The van der Waals surface area contributed by atoms with Crippen molar-refractivity contribution in [2.45, 2.75) is 69.2 Å². The molecule has 0 radical (unpaired) electrons. The molecule has 2 aromatic carbocycles. The summed E-state index contributed by atoms with van der Waals surface area (Å²) in [7, 11) is 0. The smallest absolute Gasteiger partial charge is 0.320 e. The summed E-state index contributed by atoms with van der Waals surface area (Å²) in [6, 6.07) is 18.4. The number of alkyl halides is 2. The molecule has 6 heteroatoms. The Balaban J connectivity index is 1.17. The van der Waals surface area contributed by atoms with E-state index in [0.29, 0.717) is 30.1 Å². The number of hydrogen-bond donors (Lipinski definition) is 1. The van der Waals surface area contributed by atoms with Crippen LogP contribution in [0, 0.1) is 17.8 Å². The molecule has 0 spiro atoms. The van der Waals surface area contributed by atoms with Crippen molar-refractivity contribution in [1.29, 1.82) is 0 Å². The number of benzene rings is 2. The Labute approximate surface area is 226 Å². The van der Waals surface area contributed by atoms with E-state index in [1.165, 1.54) is 24.1 Å². The Bertz CT molecular complexity index is 1020. The summed E-state index contributed by atoms with van der Waals surface area (Å²) in [6.45, 7) is 4.42. The zero-order valence-corrected chi connectivity index (χ0v) is 22.4. The molecule has 1 saturated carbocycles. The second-order valence-electron chi connectivity index (χ2n) is 12.0. The summed E-state index contributed by atoms with van der Waals surface area (Å²) in [5.74, 6) is -1.86. The van der Waals surface area contributed by atoms with Gasteiger partial charge in [0.15, 0.2) is 0 Å². The number of likely N-dealkylation sites (tertiary alicyclic amines) is 2. The van der Waals surface area contributed by atoms with Gasteiger partial charge in [0.2, 0.25) is 0 Å². The van der Waals surface area contributed by atoms with Crippen molar-refractivity contribution >= 4 is 5.97 Å². The molecule has 0 bridgehead atoms. The molecular weight excluding hydrogens is 482 g/mol. The van der Waals surface area contributed by atoms with Crippen LogP contribution in [0.1, 0.15) is 68.4 Å². The van der Waals surface area contributed by atoms with Gasteiger partial charge in [-0.2, -0.15) is 0 Å². The Morgan fingerprint density at radius 2 is 1.58 bits per heavy atom. The van der Waals surface area contributed by atoms with E-state index in [-0.39, 0.29) is 12.0 Å². The predicted molar refractivity (Wildman–Crippen MR) is 146 cm³/mol. The lowest BCUT2D eigenvalue weighted by atomic mass is 9.80. The van der Waals surface area contributed by atoms with Gasteiger partial charge in [-0.05, 0) is 62.1 Å². The maximum atomic E-state index is 14.7. The molecule has 38 heavy (non-hydrogen) atoms. The molecule has 0 amide bonds. The minimum atomic E-state index is -2.77. The average molecular weight is 525 g/mol. The molecule has 2 heterocycles. The summed E-state index contributed by atoms with van der Waals surface area (Å²) < 4.78 is 29.3. The van der Waals surface area contributed by atoms with Gasteiger partial charge in [0.1, 0.15) is 6.04 Å². The van der Waals surface area contributed by atoms with Crippen LogP contribution in [-0.2, 0) is 10.7 Å². The number of rotatable bonds is 11. The van der Waals surface area contributed by atoms with Crippen LogP contribution in [0.2, 0.25) is 0 Å². The highest BCUT2D eigenvalue weighted by atomic mass is 19.3. The molecule has 1 aliphatic carbocycles. The lowest BCUT2D eigenvalue weighted by Crippen LogP contribution is -2.43. The number of carboxylic acids is 1. The maximum Gasteiger partial charge on any atom is 0.320 e. The number of aliphatic carboxylic acids is 1. The van der Waals surface area contributed by atoms with E-state index < -0.39 is 17.9 Å². The molecule has 1 N–H and O–H groups in total. The van der Waals surface area contributed by atoms with Crippen LogP contribution in [0.3, 0.4) is 0 Å². The maximum absolute atomic E-state index is 14.7. The van der Waals surface area contributed by atoms with Crippen molar-refractivity contribution in [2.75, 3.05) is 32.7 Å². The zero-order chi connectivity index (χ0) is 26.5. The number of carboxylic acid groups (broad SMARTS) is 1. The summed E-state index contributed by atoms with van der Waals surface area (Å²) >= 11 is 0. The van der Waals surface area contributed by atoms with Crippen LogP contribution in [0.4, 0.5) is 8.78 Å². The van der Waals surface area contributed by atoms with E-state index in [1.54, 1.807) is 18.2 Å². The fourth-order valence-electron chi connectivity index (χ4n) is 6.87. The summed E-state index contributed by atoms with van der Waals surface area (Å²) in [5.41, 5.74) is 1.41. The highest BCUT2D eigenvalue weighted by molar-refractivity contribution is 5.73. The van der Waals surface area contributed by atoms with Crippen LogP contribution in [0.25, 0.3) is 0 Å². The van der Waals surface area contributed by atoms with E-state index in [4.69, 9.17) is 0 Å². The number of halogens is 2. The third-order valence-electron chi connectivity index (χ3n) is 9.47. The molecule has 3 atom stereocenters. The second-order valence-corrected chi connectivity index (χ2v) is 12.0. The molecule has 3 aliphatic rings. The Morgan fingerprint density at radius 1 is 0.921 bits per heavy atom. The first kappa shape index (κ1) is 27.3. The fraction of sp³-hybridized carbons (Fsp3) is 0.594. The minimum Gasteiger partial charge on any atom is -0.480 e. The third-order valence-corrected chi connectivity index (χ3v) is 9.47. The largest absolute Gasteiger partial charge is 0.480 e. The van der Waals surface area contributed by atoms with Gasteiger partial charge < -0.3 is 10.0 Å². The van der Waals surface area contributed by atoms with Gasteiger partial charge in [0.05, 0.1) is 0 Å². The normalized spacial score (nSPS) is 24.8. The lowest BCUT2D eigenvalue weighted by molar-refractivity contribution is -0.144. The third kappa shape index (κ3) is 6.63. The first-order valence-electron chi connectivity index (χ1n) is 14.6. The van der Waals surface area contributed by atoms with Gasteiger partial charge in [-0.3, -0.25) is 9.69 Å². The molecular formula is C32H42F2N2O2. The second kappa shape index (κ2) is 12.3. The zero-order valence-electron chi connectivity index (χ0n) is 22.4. The number of nitrogens with zero attached hydrogens (tertiary/aromatic N) is 2. The lowest BCUT2D eigenvalue weighted by Gasteiger charge is -2.35. The van der Waals surface area contributed by atoms with E-state index >= 15 is 0 Å². The van der Waals surface area contributed by atoms with Crippen LogP contribution in [0.15, 0.2) is 60.7 Å². The monoisotopic (exact) mass is 524 g/mol. The van der Waals surface area contributed by atoms with Gasteiger partial charge in [-0.1, -0.05) is 79.9 Å². The average Bonchev–Trinajstić information content (AvgIpc) is 3.31. The standard InChI is InChI=1S/C32H42F2N2O2/c33-32(34,28-12-5-2-6-13-28)17-14-24-15-18-35(19-16-24)21-27-22-36(23-29(27)26-10-3-1-4-11-26)30(31(37)38)20-25-8-7-9-25/h1-6,10-13,24-25,27,29-30H,7-9,14-23H2,(H,37,38)/t27-,29+,30+/m0/s1. The molecule has 0 unspecified atom stereocenters. The summed E-state index contributed by atoms with van der Waals surface area (Å²) in [6.07, 6.45) is 6.70. The minimum absolute atomic E-state index is 0.0904. The van der Waals surface area contributed by atoms with Gasteiger partial charge in [0.25, 0.3) is 5.92 Å². The molecule has 2 saturated heterocycles.